The van der Waals surface area contributed by atoms with Gasteiger partial charge in [0.15, 0.2) is 0 Å². The fraction of sp³-hybridized carbons (Fsp3) is 0.440. The van der Waals surface area contributed by atoms with Gasteiger partial charge in [-0.2, -0.15) is 0 Å². The van der Waals surface area contributed by atoms with E-state index in [0.717, 1.165) is 29.0 Å². The van der Waals surface area contributed by atoms with Gasteiger partial charge in [-0.05, 0) is 55.7 Å². The number of benzene rings is 2. The molecule has 0 radical (unpaired) electrons. The normalized spacial score (nSPS) is 12.5. The topological polar surface area (TPSA) is 67.9 Å². The van der Waals surface area contributed by atoms with E-state index >= 15 is 0 Å². The number of ether oxygens (including phenoxy) is 2. The summed E-state index contributed by atoms with van der Waals surface area (Å²) in [5.41, 5.74) is 2.07. The Hall–Kier alpha value is -2.67. The highest BCUT2D eigenvalue weighted by atomic mass is 32.2. The Morgan fingerprint density at radius 1 is 0.938 bits per heavy atom. The molecule has 0 aliphatic carbocycles. The average molecular weight is 459 g/mol. The Bertz CT molecular complexity index is 855. The van der Waals surface area contributed by atoms with Crippen molar-refractivity contribution in [2.24, 2.45) is 0 Å². The van der Waals surface area contributed by atoms with E-state index in [1.165, 1.54) is 11.8 Å². The van der Waals surface area contributed by atoms with Crippen molar-refractivity contribution in [3.63, 3.8) is 0 Å². The highest BCUT2D eigenvalue weighted by Gasteiger charge is 2.26. The maximum Gasteiger partial charge on any atom is 0.242 e. The number of nitrogens with one attached hydrogen (secondary N) is 1. The monoisotopic (exact) mass is 458 g/mol. The van der Waals surface area contributed by atoms with Crippen molar-refractivity contribution in [3.05, 3.63) is 59.7 Å². The highest BCUT2D eigenvalue weighted by Crippen LogP contribution is 2.19. The van der Waals surface area contributed by atoms with Crippen molar-refractivity contribution in [1.29, 1.82) is 0 Å². The summed E-state index contributed by atoms with van der Waals surface area (Å²) >= 11 is 1.54. The van der Waals surface area contributed by atoms with Crippen LogP contribution in [0, 0.1) is 0 Å². The molecule has 0 saturated carbocycles. The number of hydrogen-bond acceptors (Lipinski definition) is 5. The van der Waals surface area contributed by atoms with Crippen molar-refractivity contribution in [2.75, 3.05) is 20.0 Å². The second-order valence-electron chi connectivity index (χ2n) is 7.70. The molecule has 0 aliphatic heterocycles. The minimum absolute atomic E-state index is 0.0623. The van der Waals surface area contributed by atoms with Crippen LogP contribution in [0.15, 0.2) is 48.5 Å². The molecule has 0 aliphatic rings. The maximum absolute atomic E-state index is 13.1. The molecule has 0 aromatic heterocycles. The maximum atomic E-state index is 13.1. The highest BCUT2D eigenvalue weighted by molar-refractivity contribution is 7.99. The third-order valence-corrected chi connectivity index (χ3v) is 6.32. The summed E-state index contributed by atoms with van der Waals surface area (Å²) < 4.78 is 10.4. The number of rotatable bonds is 12. The first-order valence-corrected chi connectivity index (χ1v) is 12.0. The van der Waals surface area contributed by atoms with Gasteiger partial charge in [-0.25, -0.2) is 0 Å². The lowest BCUT2D eigenvalue weighted by molar-refractivity contribution is -0.138. The van der Waals surface area contributed by atoms with Gasteiger partial charge in [-0.1, -0.05) is 31.2 Å². The molecule has 174 valence electrons. The molecular formula is C25H34N2O4S. The summed E-state index contributed by atoms with van der Waals surface area (Å²) in [4.78, 5) is 27.6. The van der Waals surface area contributed by atoms with Crippen molar-refractivity contribution in [1.82, 2.24) is 10.2 Å². The molecule has 2 amide bonds. The smallest absolute Gasteiger partial charge is 0.242 e. The first-order chi connectivity index (χ1) is 15.4. The Morgan fingerprint density at radius 3 is 1.97 bits per heavy atom. The van der Waals surface area contributed by atoms with Crippen molar-refractivity contribution in [3.8, 4) is 11.5 Å². The molecule has 7 heteroatoms. The predicted octanol–water partition coefficient (Wildman–Crippen LogP) is 4.27. The van der Waals surface area contributed by atoms with Crippen molar-refractivity contribution >= 4 is 23.6 Å². The van der Waals surface area contributed by atoms with Crippen LogP contribution in [0.5, 0.6) is 11.5 Å². The quantitative estimate of drug-likeness (QED) is 0.515. The van der Waals surface area contributed by atoms with Gasteiger partial charge >= 0.3 is 0 Å². The first kappa shape index (κ1) is 25.6. The van der Waals surface area contributed by atoms with Gasteiger partial charge < -0.3 is 19.7 Å². The van der Waals surface area contributed by atoms with Crippen LogP contribution in [0.2, 0.25) is 0 Å². The van der Waals surface area contributed by atoms with Crippen LogP contribution in [0.4, 0.5) is 0 Å². The van der Waals surface area contributed by atoms with Crippen LogP contribution in [0.1, 0.15) is 38.3 Å². The van der Waals surface area contributed by atoms with Crippen LogP contribution in [-0.4, -0.2) is 48.8 Å². The van der Waals surface area contributed by atoms with Gasteiger partial charge in [0.1, 0.15) is 17.5 Å². The molecule has 0 fully saturated rings. The lowest BCUT2D eigenvalue weighted by Gasteiger charge is -2.29. The third kappa shape index (κ3) is 7.79. The number of nitrogens with zero attached hydrogens (tertiary/aromatic N) is 1. The number of thioether (sulfide) groups is 1. The van der Waals surface area contributed by atoms with Crippen molar-refractivity contribution < 1.29 is 19.1 Å². The molecule has 2 rings (SSSR count). The van der Waals surface area contributed by atoms with E-state index in [4.69, 9.17) is 9.47 Å². The Morgan fingerprint density at radius 2 is 1.47 bits per heavy atom. The number of carbonyl (C=O) groups excluding carboxylic acids is 2. The number of methoxy groups -OCH3 is 2. The molecule has 0 unspecified atom stereocenters. The minimum Gasteiger partial charge on any atom is -0.497 e. The lowest BCUT2D eigenvalue weighted by atomic mass is 10.1. The van der Waals surface area contributed by atoms with E-state index in [1.54, 1.807) is 26.0 Å². The average Bonchev–Trinajstić information content (AvgIpc) is 2.82. The van der Waals surface area contributed by atoms with Gasteiger partial charge in [-0.3, -0.25) is 9.59 Å². The second-order valence-corrected chi connectivity index (χ2v) is 8.69. The van der Waals surface area contributed by atoms with Gasteiger partial charge in [0.25, 0.3) is 0 Å². The minimum atomic E-state index is -0.569. The largest absolute Gasteiger partial charge is 0.497 e. The second kappa shape index (κ2) is 13.0. The van der Waals surface area contributed by atoms with Crippen LogP contribution >= 0.6 is 11.8 Å². The van der Waals surface area contributed by atoms with E-state index in [2.05, 4.69) is 5.32 Å². The molecule has 1 N–H and O–H groups in total. The summed E-state index contributed by atoms with van der Waals surface area (Å²) in [6, 6.07) is 14.9. The van der Waals surface area contributed by atoms with Gasteiger partial charge in [0.2, 0.25) is 11.8 Å². The Kier molecular flexibility index (Phi) is 10.4. The fourth-order valence-corrected chi connectivity index (χ4v) is 3.91. The molecule has 0 heterocycles. The lowest BCUT2D eigenvalue weighted by Crippen LogP contribution is -2.50. The standard InChI is InChI=1S/C25H34N2O4S/c1-6-18(2)26-25(29)19(3)27(15-20-7-11-22(30-4)12-8-20)24(28)17-32-16-21-9-13-23(31-5)14-10-21/h7-14,18-19H,6,15-17H2,1-5H3,(H,26,29)/t18-,19+/m1/s1. The van der Waals surface area contributed by atoms with Crippen molar-refractivity contribution in [2.45, 2.75) is 51.6 Å². The van der Waals surface area contributed by atoms with Crippen LogP contribution in [-0.2, 0) is 21.9 Å². The summed E-state index contributed by atoms with van der Waals surface area (Å²) in [5, 5.41) is 2.99. The van der Waals surface area contributed by atoms with E-state index in [1.807, 2.05) is 62.4 Å². The van der Waals surface area contributed by atoms with E-state index < -0.39 is 6.04 Å². The van der Waals surface area contributed by atoms with Gasteiger partial charge in [0.05, 0.1) is 20.0 Å². The number of carbonyl (C=O) groups is 2. The van der Waals surface area contributed by atoms with Crippen LogP contribution in [0.3, 0.4) is 0 Å². The SMILES string of the molecule is CC[C@@H](C)NC(=O)[C@H](C)N(Cc1ccc(OC)cc1)C(=O)CSCc1ccc(OC)cc1. The molecule has 0 spiro atoms. The zero-order chi connectivity index (χ0) is 23.5. The summed E-state index contributed by atoms with van der Waals surface area (Å²) in [5.74, 6) is 2.36. The summed E-state index contributed by atoms with van der Waals surface area (Å²) in [6.07, 6.45) is 0.836. The number of hydrogen-bond donors (Lipinski definition) is 1. The first-order valence-electron chi connectivity index (χ1n) is 10.8. The molecule has 32 heavy (non-hydrogen) atoms. The molecule has 2 aromatic carbocycles. The van der Waals surface area contributed by atoms with Crippen LogP contribution < -0.4 is 14.8 Å². The molecule has 2 atom stereocenters. The Labute approximate surface area is 195 Å². The van der Waals surface area contributed by atoms with E-state index in [0.29, 0.717) is 18.1 Å². The summed E-state index contributed by atoms with van der Waals surface area (Å²) in [6.45, 7) is 6.13. The molecule has 6 nitrogen and oxygen atoms in total. The fourth-order valence-electron chi connectivity index (χ4n) is 3.04. The third-order valence-electron chi connectivity index (χ3n) is 5.33. The van der Waals surface area contributed by atoms with Gasteiger partial charge in [0, 0.05) is 18.3 Å². The molecule has 2 aromatic rings. The molecule has 0 saturated heterocycles. The summed E-state index contributed by atoms with van der Waals surface area (Å²) in [7, 11) is 3.25. The van der Waals surface area contributed by atoms with E-state index in [-0.39, 0.29) is 17.9 Å². The zero-order valence-electron chi connectivity index (χ0n) is 19.6. The van der Waals surface area contributed by atoms with Crippen LogP contribution in [0.25, 0.3) is 0 Å². The molecule has 0 bridgehead atoms. The zero-order valence-corrected chi connectivity index (χ0v) is 20.4. The van der Waals surface area contributed by atoms with Gasteiger partial charge in [-0.15, -0.1) is 11.8 Å². The predicted molar refractivity (Wildman–Crippen MR) is 130 cm³/mol. The number of amides is 2. The molecular weight excluding hydrogens is 424 g/mol. The Balaban J connectivity index is 2.06. The van der Waals surface area contributed by atoms with E-state index in [9.17, 15) is 9.59 Å².